The molecular formula is C18H21N3O3. The normalized spacial score (nSPS) is 10.6. The van der Waals surface area contributed by atoms with E-state index in [2.05, 4.69) is 17.6 Å². The number of rotatable bonds is 7. The first-order valence-electron chi connectivity index (χ1n) is 7.60. The van der Waals surface area contributed by atoms with Crippen molar-refractivity contribution in [2.45, 2.75) is 26.2 Å². The van der Waals surface area contributed by atoms with Gasteiger partial charge in [-0.25, -0.2) is 0 Å². The monoisotopic (exact) mass is 327 g/mol. The maximum atomic E-state index is 9.84. The summed E-state index contributed by atoms with van der Waals surface area (Å²) in [6.45, 7) is 3.34. The summed E-state index contributed by atoms with van der Waals surface area (Å²) >= 11 is 0. The van der Waals surface area contributed by atoms with Crippen molar-refractivity contribution in [1.82, 2.24) is 4.98 Å². The Hall–Kier alpha value is -2.43. The highest BCUT2D eigenvalue weighted by molar-refractivity contribution is 5.83. The van der Waals surface area contributed by atoms with Crippen molar-refractivity contribution in [3.8, 4) is 17.2 Å². The Balaban J connectivity index is 2.83. The average molecular weight is 327 g/mol. The van der Waals surface area contributed by atoms with Crippen molar-refractivity contribution >= 4 is 6.08 Å². The number of aromatic amines is 1. The zero-order valence-corrected chi connectivity index (χ0v) is 13.3. The van der Waals surface area contributed by atoms with Crippen molar-refractivity contribution in [2.75, 3.05) is 6.54 Å². The summed E-state index contributed by atoms with van der Waals surface area (Å²) in [5, 5.41) is 38.3. The van der Waals surface area contributed by atoms with E-state index in [0.29, 0.717) is 46.5 Å². The minimum atomic E-state index is -0.301. The van der Waals surface area contributed by atoms with E-state index < -0.39 is 0 Å². The number of hydrogen-bond acceptors (Lipinski definition) is 5. The standard InChI is InChI=1S/C18H21N3O3/c1-2-12-17(7-20)21-16(5-6-19)18(12)13-4-3-11(8-22)14(9-23)15(13)10-24/h2-4,21-24H,1,5-6,8-10,19H2. The topological polar surface area (TPSA) is 126 Å². The van der Waals surface area contributed by atoms with Crippen molar-refractivity contribution in [3.63, 3.8) is 0 Å². The van der Waals surface area contributed by atoms with E-state index in [-0.39, 0.29) is 19.8 Å². The molecule has 0 aliphatic carbocycles. The molecule has 1 aromatic carbocycles. The highest BCUT2D eigenvalue weighted by atomic mass is 16.3. The Morgan fingerprint density at radius 2 is 1.88 bits per heavy atom. The molecule has 1 heterocycles. The number of aliphatic hydroxyl groups excluding tert-OH is 3. The van der Waals surface area contributed by atoms with Crippen LogP contribution in [0.4, 0.5) is 0 Å². The molecule has 1 aromatic heterocycles. The second-order valence-corrected chi connectivity index (χ2v) is 5.33. The molecule has 6 nitrogen and oxygen atoms in total. The van der Waals surface area contributed by atoms with Crippen LogP contribution in [0.3, 0.4) is 0 Å². The van der Waals surface area contributed by atoms with Gasteiger partial charge in [0, 0.05) is 23.2 Å². The number of aliphatic hydroxyl groups is 3. The minimum absolute atomic E-state index is 0.232. The Morgan fingerprint density at radius 1 is 1.17 bits per heavy atom. The van der Waals surface area contributed by atoms with E-state index >= 15 is 0 Å². The summed E-state index contributed by atoms with van der Waals surface area (Å²) < 4.78 is 0. The van der Waals surface area contributed by atoms with Gasteiger partial charge < -0.3 is 26.0 Å². The van der Waals surface area contributed by atoms with Gasteiger partial charge in [0.1, 0.15) is 11.8 Å². The first-order chi connectivity index (χ1) is 11.7. The summed E-state index contributed by atoms with van der Waals surface area (Å²) in [5.74, 6) is 0. The number of nitriles is 1. The van der Waals surface area contributed by atoms with Crippen LogP contribution in [-0.2, 0) is 26.2 Å². The highest BCUT2D eigenvalue weighted by Crippen LogP contribution is 2.36. The van der Waals surface area contributed by atoms with E-state index in [0.717, 1.165) is 11.3 Å². The summed E-state index contributed by atoms with van der Waals surface area (Å²) in [7, 11) is 0. The zero-order chi connectivity index (χ0) is 17.7. The van der Waals surface area contributed by atoms with E-state index in [4.69, 9.17) is 5.73 Å². The van der Waals surface area contributed by atoms with Gasteiger partial charge in [-0.1, -0.05) is 24.8 Å². The fourth-order valence-electron chi connectivity index (χ4n) is 3.00. The van der Waals surface area contributed by atoms with Crippen molar-refractivity contribution in [2.24, 2.45) is 5.73 Å². The first kappa shape index (κ1) is 17.9. The molecule has 24 heavy (non-hydrogen) atoms. The molecule has 0 bridgehead atoms. The van der Waals surface area contributed by atoms with Crippen LogP contribution in [0.5, 0.6) is 0 Å². The quantitative estimate of drug-likeness (QED) is 0.522. The third-order valence-corrected chi connectivity index (χ3v) is 4.11. The van der Waals surface area contributed by atoms with Crippen molar-refractivity contribution in [3.05, 3.63) is 52.4 Å². The molecule has 2 rings (SSSR count). The Morgan fingerprint density at radius 3 is 2.38 bits per heavy atom. The molecular weight excluding hydrogens is 306 g/mol. The lowest BCUT2D eigenvalue weighted by Gasteiger charge is -2.16. The first-order valence-corrected chi connectivity index (χ1v) is 7.60. The molecule has 6 heteroatoms. The maximum Gasteiger partial charge on any atom is 0.125 e. The molecule has 0 spiro atoms. The molecule has 0 unspecified atom stereocenters. The fourth-order valence-corrected chi connectivity index (χ4v) is 3.00. The predicted octanol–water partition coefficient (Wildman–Crippen LogP) is 1.17. The smallest absolute Gasteiger partial charge is 0.125 e. The minimum Gasteiger partial charge on any atom is -0.392 e. The molecule has 2 aromatic rings. The van der Waals surface area contributed by atoms with Crippen LogP contribution in [0.15, 0.2) is 18.7 Å². The van der Waals surface area contributed by atoms with Crippen LogP contribution in [-0.4, -0.2) is 26.8 Å². The molecule has 0 amide bonds. The van der Waals surface area contributed by atoms with Crippen LogP contribution in [0.2, 0.25) is 0 Å². The molecule has 0 aliphatic heterocycles. The lowest BCUT2D eigenvalue weighted by atomic mass is 9.90. The number of aromatic nitrogens is 1. The van der Waals surface area contributed by atoms with Crippen LogP contribution < -0.4 is 5.73 Å². The third kappa shape index (κ3) is 2.98. The summed E-state index contributed by atoms with van der Waals surface area (Å²) in [4.78, 5) is 3.06. The SMILES string of the molecule is C=Cc1c(C#N)[nH]c(CCN)c1-c1ccc(CO)c(CO)c1CO. The van der Waals surface area contributed by atoms with Gasteiger partial charge in [-0.15, -0.1) is 0 Å². The van der Waals surface area contributed by atoms with Gasteiger partial charge in [-0.05, 0) is 28.8 Å². The van der Waals surface area contributed by atoms with Gasteiger partial charge in [0.15, 0.2) is 0 Å². The second kappa shape index (κ2) is 7.90. The largest absolute Gasteiger partial charge is 0.392 e. The summed E-state index contributed by atoms with van der Waals surface area (Å²) in [6, 6.07) is 5.58. The number of nitrogens with zero attached hydrogens (tertiary/aromatic N) is 1. The molecule has 0 saturated carbocycles. The number of H-pyrrole nitrogens is 1. The molecule has 126 valence electrons. The van der Waals surface area contributed by atoms with E-state index in [1.54, 1.807) is 18.2 Å². The molecule has 0 radical (unpaired) electrons. The van der Waals surface area contributed by atoms with Crippen LogP contribution in [0.25, 0.3) is 17.2 Å². The predicted molar refractivity (Wildman–Crippen MR) is 91.6 cm³/mol. The molecule has 0 atom stereocenters. The van der Waals surface area contributed by atoms with E-state index in [1.807, 2.05) is 0 Å². The second-order valence-electron chi connectivity index (χ2n) is 5.33. The van der Waals surface area contributed by atoms with Gasteiger partial charge in [-0.2, -0.15) is 5.26 Å². The number of nitrogens with one attached hydrogen (secondary N) is 1. The van der Waals surface area contributed by atoms with Crippen LogP contribution >= 0.6 is 0 Å². The fraction of sp³-hybridized carbons (Fsp3) is 0.278. The van der Waals surface area contributed by atoms with E-state index in [1.165, 1.54) is 0 Å². The molecule has 0 aliphatic rings. The molecule has 0 fully saturated rings. The lowest BCUT2D eigenvalue weighted by molar-refractivity contribution is 0.248. The maximum absolute atomic E-state index is 9.84. The van der Waals surface area contributed by atoms with Crippen molar-refractivity contribution in [1.29, 1.82) is 5.26 Å². The third-order valence-electron chi connectivity index (χ3n) is 4.11. The summed E-state index contributed by atoms with van der Waals surface area (Å²) in [5.41, 5.74) is 10.5. The molecule has 6 N–H and O–H groups in total. The van der Waals surface area contributed by atoms with Gasteiger partial charge >= 0.3 is 0 Å². The van der Waals surface area contributed by atoms with Gasteiger partial charge in [0.2, 0.25) is 0 Å². The van der Waals surface area contributed by atoms with Gasteiger partial charge in [-0.3, -0.25) is 0 Å². The van der Waals surface area contributed by atoms with Gasteiger partial charge in [0.05, 0.1) is 19.8 Å². The number of benzene rings is 1. The van der Waals surface area contributed by atoms with Gasteiger partial charge in [0.25, 0.3) is 0 Å². The average Bonchev–Trinajstić information content (AvgIpc) is 2.97. The Bertz CT molecular complexity index is 788. The zero-order valence-electron chi connectivity index (χ0n) is 13.3. The summed E-state index contributed by atoms with van der Waals surface area (Å²) in [6.07, 6.45) is 2.11. The molecule has 0 saturated heterocycles. The Kier molecular flexibility index (Phi) is 5.90. The number of nitrogens with two attached hydrogens (primary N) is 1. The highest BCUT2D eigenvalue weighted by Gasteiger charge is 2.21. The van der Waals surface area contributed by atoms with E-state index in [9.17, 15) is 20.6 Å². The van der Waals surface area contributed by atoms with Crippen LogP contribution in [0.1, 0.15) is 33.6 Å². The Labute approximate surface area is 140 Å². The van der Waals surface area contributed by atoms with Crippen LogP contribution in [0, 0.1) is 11.3 Å². The lowest BCUT2D eigenvalue weighted by Crippen LogP contribution is -2.06. The van der Waals surface area contributed by atoms with Crippen molar-refractivity contribution < 1.29 is 15.3 Å². The number of hydrogen-bond donors (Lipinski definition) is 5.